The second kappa shape index (κ2) is 6.23. The van der Waals surface area contributed by atoms with E-state index in [2.05, 4.69) is 0 Å². The first kappa shape index (κ1) is 18.7. The summed E-state index contributed by atoms with van der Waals surface area (Å²) in [5.41, 5.74) is 2.51. The van der Waals surface area contributed by atoms with Gasteiger partial charge in [0.25, 0.3) is 0 Å². The van der Waals surface area contributed by atoms with Crippen molar-refractivity contribution in [2.75, 3.05) is 4.90 Å². The molecule has 0 saturated carbocycles. The third-order valence-corrected chi connectivity index (χ3v) is 7.24. The Balaban J connectivity index is 1.58. The van der Waals surface area contributed by atoms with Crippen LogP contribution in [0.3, 0.4) is 0 Å². The van der Waals surface area contributed by atoms with Crippen LogP contribution in [0.2, 0.25) is 0 Å². The largest absolute Gasteiger partial charge is 0.478 e. The molecule has 2 bridgehead atoms. The highest BCUT2D eigenvalue weighted by molar-refractivity contribution is 6.24. The Morgan fingerprint density at radius 2 is 1.41 bits per heavy atom. The van der Waals surface area contributed by atoms with E-state index < -0.39 is 29.1 Å². The molecule has 6 heteroatoms. The Morgan fingerprint density at radius 1 is 0.844 bits per heavy atom. The number of carboxylic acid groups (broad SMARTS) is 1. The van der Waals surface area contributed by atoms with E-state index in [1.807, 2.05) is 48.5 Å². The van der Waals surface area contributed by atoms with Crippen molar-refractivity contribution in [2.24, 2.45) is 11.8 Å². The van der Waals surface area contributed by atoms with Crippen LogP contribution in [0.15, 0.2) is 72.8 Å². The average Bonchev–Trinajstić information content (AvgIpc) is 3.10. The van der Waals surface area contributed by atoms with Crippen LogP contribution in [0.25, 0.3) is 0 Å². The molecule has 4 aliphatic rings. The van der Waals surface area contributed by atoms with E-state index >= 15 is 0 Å². The van der Waals surface area contributed by atoms with Gasteiger partial charge in [-0.2, -0.15) is 0 Å². The summed E-state index contributed by atoms with van der Waals surface area (Å²) in [5.74, 6) is -3.74. The van der Waals surface area contributed by atoms with Gasteiger partial charge in [0, 0.05) is 5.92 Å². The summed E-state index contributed by atoms with van der Waals surface area (Å²) in [5, 5.41) is 9.17. The minimum atomic E-state index is -1.24. The summed E-state index contributed by atoms with van der Waals surface area (Å²) in [6.45, 7) is 0. The number of anilines is 1. The van der Waals surface area contributed by atoms with Crippen molar-refractivity contribution < 1.29 is 24.3 Å². The molecule has 1 N–H and O–H groups in total. The normalized spacial score (nSPS) is 27.0. The summed E-state index contributed by atoms with van der Waals surface area (Å²) >= 11 is 0. The van der Waals surface area contributed by atoms with Gasteiger partial charge in [0.2, 0.25) is 11.8 Å². The molecule has 1 saturated heterocycles. The molecule has 6 nitrogen and oxygen atoms in total. The van der Waals surface area contributed by atoms with Gasteiger partial charge in [0.15, 0.2) is 0 Å². The Hall–Kier alpha value is -4.06. The van der Waals surface area contributed by atoms with Crippen LogP contribution in [0.4, 0.5) is 5.69 Å². The number of carbonyl (C=O) groups is 4. The van der Waals surface area contributed by atoms with Gasteiger partial charge in [-0.25, -0.2) is 9.69 Å². The lowest BCUT2D eigenvalue weighted by Crippen LogP contribution is -2.54. The molecule has 156 valence electrons. The Labute approximate surface area is 183 Å². The lowest BCUT2D eigenvalue weighted by Gasteiger charge is -2.51. The lowest BCUT2D eigenvalue weighted by molar-refractivity contribution is -0.128. The molecule has 2 atom stereocenters. The molecule has 0 spiro atoms. The third-order valence-electron chi connectivity index (χ3n) is 7.24. The van der Waals surface area contributed by atoms with Crippen molar-refractivity contribution in [3.05, 3.63) is 101 Å². The van der Waals surface area contributed by atoms with Crippen LogP contribution in [0.1, 0.15) is 38.5 Å². The number of amides is 2. The molecule has 2 amide bonds. The Bertz CT molecular complexity index is 1290. The Kier molecular flexibility index (Phi) is 3.64. The van der Waals surface area contributed by atoms with Gasteiger partial charge < -0.3 is 9.90 Å². The maximum absolute atomic E-state index is 13.8. The van der Waals surface area contributed by atoms with E-state index in [1.165, 1.54) is 24.3 Å². The van der Waals surface area contributed by atoms with Crippen molar-refractivity contribution in [2.45, 2.75) is 11.3 Å². The highest BCUT2D eigenvalue weighted by atomic mass is 16.4. The molecule has 0 aromatic heterocycles. The van der Waals surface area contributed by atoms with Gasteiger partial charge in [-0.05, 0) is 46.5 Å². The molecule has 1 aliphatic heterocycles. The fraction of sp³-hybridized carbons (Fsp3) is 0.154. The van der Waals surface area contributed by atoms with Crippen LogP contribution in [-0.2, 0) is 19.8 Å². The molecular formula is C26H17NO5. The van der Waals surface area contributed by atoms with E-state index in [4.69, 9.17) is 0 Å². The standard InChI is InChI=1S/C26H17NO5/c28-13-26-18-7-3-1-5-16(18)20(17-6-2-4-8-19(17)26)21-22(26)24(30)27(23(21)29)15-11-9-14(10-12-15)25(31)32/h1-13,20-22H,(H,31,32)/t20?,21-,22+,26?/m1/s1. The fourth-order valence-electron chi connectivity index (χ4n) is 6.04. The first-order chi connectivity index (χ1) is 15.5. The number of hydrogen-bond donors (Lipinski definition) is 1. The zero-order chi connectivity index (χ0) is 22.2. The fourth-order valence-corrected chi connectivity index (χ4v) is 6.04. The number of aldehydes is 1. The van der Waals surface area contributed by atoms with Crippen LogP contribution < -0.4 is 4.90 Å². The van der Waals surface area contributed by atoms with E-state index in [-0.39, 0.29) is 17.4 Å². The van der Waals surface area contributed by atoms with Crippen molar-refractivity contribution >= 4 is 29.8 Å². The minimum absolute atomic E-state index is 0.0644. The SMILES string of the molecule is O=CC12c3ccccc3C(c3ccccc31)[C@H]1C(=O)N(c3ccc(C(=O)O)cc3)C(=O)[C@H]12. The molecule has 7 rings (SSSR count). The van der Waals surface area contributed by atoms with Crippen molar-refractivity contribution in [1.29, 1.82) is 0 Å². The highest BCUT2D eigenvalue weighted by Gasteiger charge is 2.68. The highest BCUT2D eigenvalue weighted by Crippen LogP contribution is 2.63. The number of rotatable bonds is 3. The van der Waals surface area contributed by atoms with Gasteiger partial charge in [0.1, 0.15) is 6.29 Å². The van der Waals surface area contributed by atoms with Crippen molar-refractivity contribution in [3.63, 3.8) is 0 Å². The van der Waals surface area contributed by atoms with E-state index in [9.17, 15) is 24.3 Å². The van der Waals surface area contributed by atoms with Crippen LogP contribution >= 0.6 is 0 Å². The van der Waals surface area contributed by atoms with E-state index in [0.29, 0.717) is 5.69 Å². The van der Waals surface area contributed by atoms with Crippen molar-refractivity contribution in [3.8, 4) is 0 Å². The number of nitrogens with zero attached hydrogens (tertiary/aromatic N) is 1. The minimum Gasteiger partial charge on any atom is -0.478 e. The van der Waals surface area contributed by atoms with Gasteiger partial charge >= 0.3 is 5.97 Å². The first-order valence-corrected chi connectivity index (χ1v) is 10.4. The predicted octanol–water partition coefficient (Wildman–Crippen LogP) is 3.13. The average molecular weight is 423 g/mol. The molecule has 3 aromatic carbocycles. The summed E-state index contributed by atoms with van der Waals surface area (Å²) in [4.78, 5) is 52.7. The quantitative estimate of drug-likeness (QED) is 0.516. The predicted molar refractivity (Wildman–Crippen MR) is 114 cm³/mol. The Morgan fingerprint density at radius 3 is 1.94 bits per heavy atom. The molecule has 1 fully saturated rings. The number of imide groups is 1. The van der Waals surface area contributed by atoms with E-state index in [1.54, 1.807) is 0 Å². The maximum atomic E-state index is 13.8. The van der Waals surface area contributed by atoms with Crippen molar-refractivity contribution in [1.82, 2.24) is 0 Å². The van der Waals surface area contributed by atoms with Gasteiger partial charge in [0.05, 0.1) is 28.5 Å². The maximum Gasteiger partial charge on any atom is 0.335 e. The number of aromatic carboxylic acids is 1. The second-order valence-electron chi connectivity index (χ2n) is 8.51. The molecule has 0 unspecified atom stereocenters. The number of benzene rings is 3. The number of carboxylic acids is 1. The molecule has 32 heavy (non-hydrogen) atoms. The topological polar surface area (TPSA) is 91.8 Å². The van der Waals surface area contributed by atoms with Gasteiger partial charge in [-0.3, -0.25) is 9.59 Å². The number of hydrogen-bond acceptors (Lipinski definition) is 4. The lowest BCUT2D eigenvalue weighted by atomic mass is 9.48. The smallest absolute Gasteiger partial charge is 0.335 e. The molecule has 3 aromatic rings. The van der Waals surface area contributed by atoms with Crippen LogP contribution in [0.5, 0.6) is 0 Å². The zero-order valence-corrected chi connectivity index (χ0v) is 16.8. The number of carbonyl (C=O) groups excluding carboxylic acids is 3. The second-order valence-corrected chi connectivity index (χ2v) is 8.51. The van der Waals surface area contributed by atoms with Crippen LogP contribution in [0, 0.1) is 11.8 Å². The summed E-state index contributed by atoms with van der Waals surface area (Å²) in [6.07, 6.45) is 0.833. The molecule has 3 aliphatic carbocycles. The van der Waals surface area contributed by atoms with Gasteiger partial charge in [-0.15, -0.1) is 0 Å². The summed E-state index contributed by atoms with van der Waals surface area (Å²) in [6, 6.07) is 20.8. The van der Waals surface area contributed by atoms with E-state index in [0.717, 1.165) is 33.4 Å². The molecule has 1 heterocycles. The molecule has 0 radical (unpaired) electrons. The molecular weight excluding hydrogens is 406 g/mol. The third kappa shape index (κ3) is 2.04. The van der Waals surface area contributed by atoms with Gasteiger partial charge in [-0.1, -0.05) is 48.5 Å². The summed E-state index contributed by atoms with van der Waals surface area (Å²) in [7, 11) is 0. The zero-order valence-electron chi connectivity index (χ0n) is 16.8. The monoisotopic (exact) mass is 423 g/mol. The first-order valence-electron chi connectivity index (χ1n) is 10.4. The summed E-state index contributed by atoms with van der Waals surface area (Å²) < 4.78 is 0. The van der Waals surface area contributed by atoms with Crippen LogP contribution in [-0.4, -0.2) is 29.2 Å².